The lowest BCUT2D eigenvalue weighted by atomic mass is 9.75. The average molecular weight is 428 g/mol. The molecule has 2 unspecified atom stereocenters. The van der Waals surface area contributed by atoms with Crippen molar-refractivity contribution < 1.29 is 37.2 Å². The molecule has 0 aromatic heterocycles. The molecule has 2 rings (SSSR count). The molecule has 1 heterocycles. The Balaban J connectivity index is 2.61. The van der Waals surface area contributed by atoms with Gasteiger partial charge in [-0.05, 0) is 26.3 Å². The summed E-state index contributed by atoms with van der Waals surface area (Å²) in [5, 5.41) is 11.2. The van der Waals surface area contributed by atoms with Gasteiger partial charge in [-0.1, -0.05) is 12.1 Å². The molecular formula is C19H19F3N2O6. The first-order chi connectivity index (χ1) is 14.0. The van der Waals surface area contributed by atoms with Crippen molar-refractivity contribution in [3.8, 4) is 0 Å². The van der Waals surface area contributed by atoms with Crippen LogP contribution in [-0.4, -0.2) is 42.0 Å². The normalized spacial score (nSPS) is 19.2. The van der Waals surface area contributed by atoms with Gasteiger partial charge < -0.3 is 9.47 Å². The van der Waals surface area contributed by atoms with Crippen LogP contribution in [0.4, 0.5) is 18.9 Å². The van der Waals surface area contributed by atoms with E-state index < -0.39 is 41.5 Å². The Morgan fingerprint density at radius 3 is 2.47 bits per heavy atom. The molecule has 0 saturated carbocycles. The lowest BCUT2D eigenvalue weighted by Gasteiger charge is -2.31. The maximum Gasteiger partial charge on any atom is 0.422 e. The van der Waals surface area contributed by atoms with Gasteiger partial charge in [-0.15, -0.1) is 0 Å². The fourth-order valence-electron chi connectivity index (χ4n) is 3.26. The Kier molecular flexibility index (Phi) is 6.96. The minimum absolute atomic E-state index is 0.0147. The van der Waals surface area contributed by atoms with Gasteiger partial charge in [0.25, 0.3) is 5.69 Å². The lowest BCUT2D eigenvalue weighted by molar-refractivity contribution is -0.384. The standard InChI is InChI=1S/C19H19F3N2O6/c1-4-29-17(25)14-10(2)23-11(3)15(18(26)30-9-19(20,21)22)16(14)12-6-5-7-13(8-12)24(27)28/h5-8,14,16H,4,9H2,1-3H3. The van der Waals surface area contributed by atoms with E-state index in [2.05, 4.69) is 9.73 Å². The molecule has 0 bridgehead atoms. The number of allylic oxidation sites excluding steroid dienone is 1. The Labute approximate surface area is 169 Å². The first kappa shape index (κ1) is 23.0. The second-order valence-corrected chi connectivity index (χ2v) is 6.50. The molecule has 2 atom stereocenters. The van der Waals surface area contributed by atoms with E-state index >= 15 is 0 Å². The van der Waals surface area contributed by atoms with Crippen molar-refractivity contribution in [3.05, 3.63) is 51.2 Å². The van der Waals surface area contributed by atoms with Gasteiger partial charge in [-0.25, -0.2) is 4.79 Å². The highest BCUT2D eigenvalue weighted by Gasteiger charge is 2.43. The number of alkyl halides is 3. The Morgan fingerprint density at radius 1 is 1.23 bits per heavy atom. The highest BCUT2D eigenvalue weighted by Crippen LogP contribution is 2.41. The highest BCUT2D eigenvalue weighted by atomic mass is 19.4. The van der Waals surface area contributed by atoms with Gasteiger partial charge in [0, 0.05) is 29.5 Å². The quantitative estimate of drug-likeness (QED) is 0.388. The summed E-state index contributed by atoms with van der Waals surface area (Å²) in [6, 6.07) is 5.16. The van der Waals surface area contributed by atoms with Crippen molar-refractivity contribution in [3.63, 3.8) is 0 Å². The van der Waals surface area contributed by atoms with E-state index in [1.807, 2.05) is 0 Å². The van der Waals surface area contributed by atoms with Crippen molar-refractivity contribution in [1.29, 1.82) is 0 Å². The van der Waals surface area contributed by atoms with Crippen LogP contribution >= 0.6 is 0 Å². The van der Waals surface area contributed by atoms with Crippen LogP contribution in [0.25, 0.3) is 0 Å². The van der Waals surface area contributed by atoms with E-state index in [1.54, 1.807) is 6.92 Å². The third kappa shape index (κ3) is 5.22. The molecule has 0 saturated heterocycles. The summed E-state index contributed by atoms with van der Waals surface area (Å²) < 4.78 is 47.1. The first-order valence-electron chi connectivity index (χ1n) is 8.87. The van der Waals surface area contributed by atoms with E-state index in [1.165, 1.54) is 32.0 Å². The number of nitrogens with zero attached hydrogens (tertiary/aromatic N) is 2. The lowest BCUT2D eigenvalue weighted by Crippen LogP contribution is -2.37. The zero-order chi connectivity index (χ0) is 22.6. The van der Waals surface area contributed by atoms with Crippen LogP contribution in [0.15, 0.2) is 40.5 Å². The number of esters is 2. The smallest absolute Gasteiger partial charge is 0.422 e. The average Bonchev–Trinajstić information content (AvgIpc) is 2.65. The second kappa shape index (κ2) is 9.06. The minimum atomic E-state index is -4.75. The molecule has 1 aliphatic rings. The van der Waals surface area contributed by atoms with Crippen LogP contribution in [0.1, 0.15) is 32.3 Å². The fourth-order valence-corrected chi connectivity index (χ4v) is 3.26. The number of rotatable bonds is 6. The van der Waals surface area contributed by atoms with E-state index in [0.717, 1.165) is 6.07 Å². The number of aliphatic imine (C=N–C) groups is 1. The summed E-state index contributed by atoms with van der Waals surface area (Å²) in [6.45, 7) is 2.65. The summed E-state index contributed by atoms with van der Waals surface area (Å²) >= 11 is 0. The Hall–Kier alpha value is -3.24. The van der Waals surface area contributed by atoms with Crippen molar-refractivity contribution in [2.24, 2.45) is 10.9 Å². The van der Waals surface area contributed by atoms with E-state index in [-0.39, 0.29) is 34.8 Å². The van der Waals surface area contributed by atoms with Crippen LogP contribution in [0, 0.1) is 16.0 Å². The number of carbonyl (C=O) groups excluding carboxylic acids is 2. The summed E-state index contributed by atoms with van der Waals surface area (Å²) in [6.07, 6.45) is -4.75. The van der Waals surface area contributed by atoms with Crippen molar-refractivity contribution in [1.82, 2.24) is 0 Å². The molecule has 8 nitrogen and oxygen atoms in total. The minimum Gasteiger partial charge on any atom is -0.465 e. The number of hydrogen-bond acceptors (Lipinski definition) is 7. The molecular weight excluding hydrogens is 409 g/mol. The molecule has 162 valence electrons. The first-order valence-corrected chi connectivity index (χ1v) is 8.87. The monoisotopic (exact) mass is 428 g/mol. The molecule has 0 N–H and O–H groups in total. The maximum atomic E-state index is 12.6. The van der Waals surface area contributed by atoms with Gasteiger partial charge in [0.2, 0.25) is 0 Å². The molecule has 1 aromatic rings. The van der Waals surface area contributed by atoms with Gasteiger partial charge in [-0.2, -0.15) is 13.2 Å². The number of benzene rings is 1. The van der Waals surface area contributed by atoms with Crippen LogP contribution in [0.2, 0.25) is 0 Å². The molecule has 1 aromatic carbocycles. The van der Waals surface area contributed by atoms with Crippen LogP contribution in [-0.2, 0) is 19.1 Å². The molecule has 0 spiro atoms. The van der Waals surface area contributed by atoms with Gasteiger partial charge in [0.15, 0.2) is 6.61 Å². The van der Waals surface area contributed by atoms with Gasteiger partial charge in [0.05, 0.1) is 17.1 Å². The van der Waals surface area contributed by atoms with E-state index in [9.17, 15) is 32.9 Å². The molecule has 0 amide bonds. The number of nitro groups is 1. The van der Waals surface area contributed by atoms with Crippen molar-refractivity contribution in [2.75, 3.05) is 13.2 Å². The molecule has 0 fully saturated rings. The van der Waals surface area contributed by atoms with Gasteiger partial charge in [0.1, 0.15) is 5.92 Å². The third-order valence-electron chi connectivity index (χ3n) is 4.40. The van der Waals surface area contributed by atoms with E-state index in [0.29, 0.717) is 0 Å². The highest BCUT2D eigenvalue weighted by molar-refractivity contribution is 6.07. The number of halogens is 3. The fraction of sp³-hybridized carbons (Fsp3) is 0.421. The summed E-state index contributed by atoms with van der Waals surface area (Å²) in [5.41, 5.74) is -0.110. The largest absolute Gasteiger partial charge is 0.465 e. The molecule has 1 aliphatic heterocycles. The second-order valence-electron chi connectivity index (χ2n) is 6.50. The van der Waals surface area contributed by atoms with Crippen LogP contribution < -0.4 is 0 Å². The Morgan fingerprint density at radius 2 is 1.90 bits per heavy atom. The maximum absolute atomic E-state index is 12.6. The summed E-state index contributed by atoms with van der Waals surface area (Å²) in [7, 11) is 0. The molecule has 11 heteroatoms. The van der Waals surface area contributed by atoms with Crippen LogP contribution in [0.5, 0.6) is 0 Å². The molecule has 30 heavy (non-hydrogen) atoms. The number of non-ortho nitro benzene ring substituents is 1. The van der Waals surface area contributed by atoms with Gasteiger partial charge >= 0.3 is 18.1 Å². The number of carbonyl (C=O) groups is 2. The zero-order valence-corrected chi connectivity index (χ0v) is 16.4. The predicted molar refractivity (Wildman–Crippen MR) is 98.8 cm³/mol. The molecule has 0 aliphatic carbocycles. The SMILES string of the molecule is CCOC(=O)C1C(C)=NC(C)=C(C(=O)OCC(F)(F)F)C1c1cccc([N+](=O)[O-])c1. The van der Waals surface area contributed by atoms with Crippen molar-refractivity contribution in [2.45, 2.75) is 32.9 Å². The van der Waals surface area contributed by atoms with Crippen LogP contribution in [0.3, 0.4) is 0 Å². The number of ether oxygens (including phenoxy) is 2. The van der Waals surface area contributed by atoms with Crippen molar-refractivity contribution >= 4 is 23.3 Å². The zero-order valence-electron chi connectivity index (χ0n) is 16.4. The van der Waals surface area contributed by atoms with Gasteiger partial charge in [-0.3, -0.25) is 19.9 Å². The molecule has 0 radical (unpaired) electrons. The summed E-state index contributed by atoms with van der Waals surface area (Å²) in [4.78, 5) is 39.8. The predicted octanol–water partition coefficient (Wildman–Crippen LogP) is 3.71. The third-order valence-corrected chi connectivity index (χ3v) is 4.40. The number of hydrogen-bond donors (Lipinski definition) is 0. The summed E-state index contributed by atoms with van der Waals surface area (Å²) in [5.74, 6) is -4.40. The number of nitro benzene ring substituents is 1. The Bertz CT molecular complexity index is 923. The topological polar surface area (TPSA) is 108 Å². The van der Waals surface area contributed by atoms with E-state index in [4.69, 9.17) is 4.74 Å².